The molecule has 0 unspecified atom stereocenters. The van der Waals surface area contributed by atoms with Crippen LogP contribution in [-0.2, 0) is 21.8 Å². The van der Waals surface area contributed by atoms with Crippen LogP contribution in [0.3, 0.4) is 0 Å². The second kappa shape index (κ2) is 6.19. The average molecular weight is 268 g/mol. The van der Waals surface area contributed by atoms with E-state index in [0.29, 0.717) is 19.1 Å². The number of rotatable bonds is 7. The maximum absolute atomic E-state index is 11.6. The number of aryl methyl sites for hydroxylation is 1. The molecular weight excluding hydrogens is 254 g/mol. The molecule has 0 saturated heterocycles. The molecule has 1 aromatic heterocycles. The van der Waals surface area contributed by atoms with Gasteiger partial charge in [-0.2, -0.15) is 0 Å². The maximum atomic E-state index is 11.6. The number of ether oxygens (including phenoxy) is 1. The first-order chi connectivity index (χ1) is 7.56. The third kappa shape index (κ3) is 4.09. The van der Waals surface area contributed by atoms with Crippen LogP contribution in [0.4, 0.5) is 0 Å². The average Bonchev–Trinajstić information content (AvgIpc) is 2.65. The van der Waals surface area contributed by atoms with Gasteiger partial charge >= 0.3 is 0 Å². The Morgan fingerprint density at radius 3 is 2.88 bits per heavy atom. The second-order valence-electron chi connectivity index (χ2n) is 3.08. The summed E-state index contributed by atoms with van der Waals surface area (Å²) in [6, 6.07) is 0. The van der Waals surface area contributed by atoms with Crippen molar-refractivity contribution in [2.75, 3.05) is 25.6 Å². The quantitative estimate of drug-likeness (QED) is 0.556. The fourth-order valence-corrected chi connectivity index (χ4v) is 2.11. The van der Waals surface area contributed by atoms with Gasteiger partial charge in [0.15, 0.2) is 5.03 Å². The van der Waals surface area contributed by atoms with E-state index in [4.69, 9.17) is 16.3 Å². The normalized spacial score (nSPS) is 11.9. The first kappa shape index (κ1) is 13.4. The van der Waals surface area contributed by atoms with E-state index in [2.05, 4.69) is 9.71 Å². The van der Waals surface area contributed by atoms with E-state index >= 15 is 0 Å². The molecule has 16 heavy (non-hydrogen) atoms. The Morgan fingerprint density at radius 2 is 2.31 bits per heavy atom. The summed E-state index contributed by atoms with van der Waals surface area (Å²) in [4.78, 5) is 3.75. The lowest BCUT2D eigenvalue weighted by Gasteiger charge is -2.04. The Hall–Kier alpha value is -0.630. The predicted molar refractivity (Wildman–Crippen MR) is 59.9 cm³/mol. The lowest BCUT2D eigenvalue weighted by Crippen LogP contribution is -2.28. The van der Waals surface area contributed by atoms with Gasteiger partial charge in [-0.25, -0.2) is 18.1 Å². The van der Waals surface area contributed by atoms with Crippen molar-refractivity contribution in [2.45, 2.75) is 5.03 Å². The Balaban J connectivity index is 2.41. The summed E-state index contributed by atoms with van der Waals surface area (Å²) in [5.41, 5.74) is 0. The van der Waals surface area contributed by atoms with E-state index in [0.717, 1.165) is 0 Å². The number of nitrogens with one attached hydrogen (secondary N) is 1. The molecule has 0 atom stereocenters. The van der Waals surface area contributed by atoms with Gasteiger partial charge in [0, 0.05) is 25.7 Å². The summed E-state index contributed by atoms with van der Waals surface area (Å²) >= 11 is 5.39. The molecule has 1 aromatic rings. The minimum Gasteiger partial charge on any atom is -0.379 e. The third-order valence-electron chi connectivity index (χ3n) is 1.72. The molecule has 0 radical (unpaired) electrons. The van der Waals surface area contributed by atoms with Crippen LogP contribution in [0, 0.1) is 0 Å². The second-order valence-corrected chi connectivity index (χ2v) is 5.17. The first-order valence-electron chi connectivity index (χ1n) is 4.67. The van der Waals surface area contributed by atoms with Gasteiger partial charge in [-0.15, -0.1) is 11.6 Å². The molecule has 0 aliphatic carbocycles. The highest BCUT2D eigenvalue weighted by molar-refractivity contribution is 7.89. The Kier molecular flexibility index (Phi) is 5.20. The van der Waals surface area contributed by atoms with Gasteiger partial charge in [0.2, 0.25) is 0 Å². The van der Waals surface area contributed by atoms with E-state index in [1.54, 1.807) is 11.6 Å². The number of nitrogens with zero attached hydrogens (tertiary/aromatic N) is 2. The minimum absolute atomic E-state index is 0.00680. The molecule has 6 nitrogen and oxygen atoms in total. The minimum atomic E-state index is -3.52. The molecule has 0 fully saturated rings. The van der Waals surface area contributed by atoms with Gasteiger partial charge in [-0.05, 0) is 0 Å². The lowest BCUT2D eigenvalue weighted by atomic mass is 10.7. The van der Waals surface area contributed by atoms with Crippen LogP contribution >= 0.6 is 11.6 Å². The van der Waals surface area contributed by atoms with Crippen molar-refractivity contribution in [2.24, 2.45) is 7.05 Å². The third-order valence-corrected chi connectivity index (χ3v) is 3.22. The molecule has 0 amide bonds. The number of halogens is 1. The summed E-state index contributed by atoms with van der Waals surface area (Å²) in [7, 11) is -1.82. The molecule has 92 valence electrons. The Morgan fingerprint density at radius 1 is 1.56 bits per heavy atom. The van der Waals surface area contributed by atoms with Crippen molar-refractivity contribution in [1.29, 1.82) is 0 Å². The summed E-state index contributed by atoms with van der Waals surface area (Å²) in [5, 5.41) is 0.00680. The standard InChI is InChI=1S/C8H14ClN3O3S/c1-12-6-8(10-7-12)16(13,14)11-3-5-15-4-2-9/h6-7,11H,2-5H2,1H3. The fraction of sp³-hybridized carbons (Fsp3) is 0.625. The zero-order chi connectivity index (χ0) is 12.0. The number of hydrogen-bond donors (Lipinski definition) is 1. The van der Waals surface area contributed by atoms with Crippen molar-refractivity contribution < 1.29 is 13.2 Å². The Bertz CT molecular complexity index is 418. The van der Waals surface area contributed by atoms with Crippen LogP contribution in [0.1, 0.15) is 0 Å². The number of hydrogen-bond acceptors (Lipinski definition) is 4. The number of aromatic nitrogens is 2. The van der Waals surface area contributed by atoms with Gasteiger partial charge < -0.3 is 9.30 Å². The molecule has 0 saturated carbocycles. The van der Waals surface area contributed by atoms with Crippen LogP contribution in [0.25, 0.3) is 0 Å². The highest BCUT2D eigenvalue weighted by Gasteiger charge is 2.15. The van der Waals surface area contributed by atoms with E-state index in [1.165, 1.54) is 12.5 Å². The fourth-order valence-electron chi connectivity index (χ4n) is 1.01. The Labute approximate surface area is 99.6 Å². The van der Waals surface area contributed by atoms with Gasteiger partial charge in [-0.1, -0.05) is 0 Å². The molecule has 8 heteroatoms. The van der Waals surface area contributed by atoms with Gasteiger partial charge in [0.25, 0.3) is 10.0 Å². The molecule has 1 N–H and O–H groups in total. The zero-order valence-corrected chi connectivity index (χ0v) is 10.5. The van der Waals surface area contributed by atoms with Gasteiger partial charge in [0.05, 0.1) is 19.5 Å². The molecule has 0 aromatic carbocycles. The van der Waals surface area contributed by atoms with Crippen molar-refractivity contribution in [3.8, 4) is 0 Å². The molecular formula is C8H14ClN3O3S. The molecule has 0 aliphatic heterocycles. The molecule has 0 bridgehead atoms. The van der Waals surface area contributed by atoms with Crippen LogP contribution in [0.5, 0.6) is 0 Å². The summed E-state index contributed by atoms with van der Waals surface area (Å²) in [6.45, 7) is 0.904. The van der Waals surface area contributed by atoms with Crippen LogP contribution in [0.2, 0.25) is 0 Å². The van der Waals surface area contributed by atoms with E-state index in [9.17, 15) is 8.42 Å². The van der Waals surface area contributed by atoms with E-state index in [-0.39, 0.29) is 11.6 Å². The van der Waals surface area contributed by atoms with Crippen molar-refractivity contribution in [3.05, 3.63) is 12.5 Å². The lowest BCUT2D eigenvalue weighted by molar-refractivity contribution is 0.155. The number of imidazole rings is 1. The number of sulfonamides is 1. The molecule has 1 heterocycles. The highest BCUT2D eigenvalue weighted by Crippen LogP contribution is 2.02. The monoisotopic (exact) mass is 267 g/mol. The molecule has 0 spiro atoms. The van der Waals surface area contributed by atoms with Crippen molar-refractivity contribution in [1.82, 2.24) is 14.3 Å². The molecule has 1 rings (SSSR count). The van der Waals surface area contributed by atoms with E-state index in [1.807, 2.05) is 0 Å². The predicted octanol–water partition coefficient (Wildman–Crippen LogP) is -0.0462. The topological polar surface area (TPSA) is 73.2 Å². The van der Waals surface area contributed by atoms with Gasteiger partial charge in [0.1, 0.15) is 0 Å². The zero-order valence-electron chi connectivity index (χ0n) is 8.89. The number of alkyl halides is 1. The first-order valence-corrected chi connectivity index (χ1v) is 6.69. The van der Waals surface area contributed by atoms with Crippen LogP contribution in [-0.4, -0.2) is 43.6 Å². The van der Waals surface area contributed by atoms with Crippen LogP contribution in [0.15, 0.2) is 17.6 Å². The smallest absolute Gasteiger partial charge is 0.259 e. The van der Waals surface area contributed by atoms with Crippen molar-refractivity contribution >= 4 is 21.6 Å². The SMILES string of the molecule is Cn1cnc(S(=O)(=O)NCCOCCCl)c1. The summed E-state index contributed by atoms with van der Waals surface area (Å²) in [6.07, 6.45) is 2.86. The summed E-state index contributed by atoms with van der Waals surface area (Å²) < 4.78 is 32.2. The summed E-state index contributed by atoms with van der Waals surface area (Å²) in [5.74, 6) is 0.396. The maximum Gasteiger partial charge on any atom is 0.259 e. The molecule has 0 aliphatic rings. The van der Waals surface area contributed by atoms with Crippen LogP contribution < -0.4 is 4.72 Å². The van der Waals surface area contributed by atoms with E-state index < -0.39 is 10.0 Å². The van der Waals surface area contributed by atoms with Crippen molar-refractivity contribution in [3.63, 3.8) is 0 Å². The highest BCUT2D eigenvalue weighted by atomic mass is 35.5. The van der Waals surface area contributed by atoms with Gasteiger partial charge in [-0.3, -0.25) is 0 Å². The largest absolute Gasteiger partial charge is 0.379 e.